The van der Waals surface area contributed by atoms with Gasteiger partial charge in [-0.1, -0.05) is 36.4 Å². The van der Waals surface area contributed by atoms with Gasteiger partial charge in [-0.15, -0.1) is 0 Å². The molecule has 0 saturated carbocycles. The second kappa shape index (κ2) is 16.7. The number of nitrogens with zero attached hydrogens (tertiary/aromatic N) is 3. The van der Waals surface area contributed by atoms with Crippen molar-refractivity contribution in [3.05, 3.63) is 89.5 Å². The fourth-order valence-electron chi connectivity index (χ4n) is 5.18. The fourth-order valence-corrected chi connectivity index (χ4v) is 5.18. The molecule has 2 atom stereocenters. The first kappa shape index (κ1) is 37.2. The number of aliphatic carboxylic acids is 2. The van der Waals surface area contributed by atoms with Gasteiger partial charge in [0, 0.05) is 50.2 Å². The summed E-state index contributed by atoms with van der Waals surface area (Å²) in [6.45, 7) is 4.09. The summed E-state index contributed by atoms with van der Waals surface area (Å²) in [5.41, 5.74) is 5.10. The Morgan fingerprint density at radius 3 is 2.04 bits per heavy atom. The molecule has 0 aliphatic carbocycles. The molecule has 15 heteroatoms. The molecule has 0 aromatic heterocycles. The van der Waals surface area contributed by atoms with E-state index in [1.165, 1.54) is 7.11 Å². The quantitative estimate of drug-likeness (QED) is 0.132. The molecule has 2 amide bonds. The average molecular weight is 690 g/mol. The topological polar surface area (TPSA) is 209 Å². The maximum atomic E-state index is 13.2. The van der Waals surface area contributed by atoms with E-state index in [-0.39, 0.29) is 11.8 Å². The first-order valence-electron chi connectivity index (χ1n) is 15.5. The summed E-state index contributed by atoms with van der Waals surface area (Å²) in [7, 11) is 5.21. The van der Waals surface area contributed by atoms with E-state index in [9.17, 15) is 24.0 Å². The van der Waals surface area contributed by atoms with Crippen LogP contribution >= 0.6 is 0 Å². The summed E-state index contributed by atoms with van der Waals surface area (Å²) in [5, 5.41) is 38.8. The van der Waals surface area contributed by atoms with Crippen LogP contribution in [-0.2, 0) is 23.9 Å². The Bertz CT molecular complexity index is 1740. The Morgan fingerprint density at radius 2 is 1.48 bits per heavy atom. The second-order valence-electron chi connectivity index (χ2n) is 11.6. The molecule has 1 fully saturated rings. The van der Waals surface area contributed by atoms with Crippen LogP contribution < -0.4 is 15.5 Å². The Morgan fingerprint density at radius 1 is 0.880 bits per heavy atom. The highest BCUT2D eigenvalue weighted by Crippen LogP contribution is 2.38. The number of rotatable bonds is 10. The number of esters is 1. The molecule has 3 aromatic carbocycles. The molecular weight excluding hydrogens is 650 g/mol. The number of aliphatic hydroxyl groups is 2. The molecule has 5 rings (SSSR count). The average Bonchev–Trinajstić information content (AvgIpc) is 3.45. The van der Waals surface area contributed by atoms with Crippen LogP contribution in [0.2, 0.25) is 0 Å². The molecule has 0 radical (unpaired) electrons. The zero-order chi connectivity index (χ0) is 36.5. The third-order valence-corrected chi connectivity index (χ3v) is 8.16. The van der Waals surface area contributed by atoms with Crippen LogP contribution in [0.15, 0.2) is 72.8 Å². The lowest BCUT2D eigenvalue weighted by Gasteiger charge is -2.32. The van der Waals surface area contributed by atoms with Gasteiger partial charge in [0.15, 0.2) is 12.2 Å². The number of methoxy groups -OCH3 is 1. The molecular formula is C35H39N5O10. The van der Waals surface area contributed by atoms with E-state index in [1.54, 1.807) is 30.1 Å². The number of nitrogens with one attached hydrogen (secondary N) is 2. The smallest absolute Gasteiger partial charge is 0.337 e. The van der Waals surface area contributed by atoms with E-state index in [1.807, 2.05) is 54.6 Å². The summed E-state index contributed by atoms with van der Waals surface area (Å²) >= 11 is 0. The number of likely N-dealkylation sites (N-methyl/N-ethyl adjacent to an activating group) is 2. The molecule has 3 aromatic rings. The van der Waals surface area contributed by atoms with Gasteiger partial charge in [0.25, 0.3) is 5.91 Å². The minimum Gasteiger partial charge on any atom is -0.479 e. The molecule has 6 N–H and O–H groups in total. The molecule has 0 spiro atoms. The van der Waals surface area contributed by atoms with Crippen molar-refractivity contribution in [3.8, 4) is 0 Å². The van der Waals surface area contributed by atoms with Crippen LogP contribution in [0, 0.1) is 0 Å². The molecule has 2 aliphatic rings. The van der Waals surface area contributed by atoms with Crippen molar-refractivity contribution in [1.29, 1.82) is 0 Å². The third kappa shape index (κ3) is 9.09. The van der Waals surface area contributed by atoms with E-state index in [0.717, 1.165) is 43.1 Å². The lowest BCUT2D eigenvalue weighted by molar-refractivity contribution is -0.165. The highest BCUT2D eigenvalue weighted by atomic mass is 16.5. The van der Waals surface area contributed by atoms with Crippen molar-refractivity contribution in [3.63, 3.8) is 0 Å². The fraction of sp³-hybridized carbons (Fsp3) is 0.286. The molecule has 2 heterocycles. The number of hydrogen-bond donors (Lipinski definition) is 6. The van der Waals surface area contributed by atoms with Crippen LogP contribution in [0.25, 0.3) is 11.3 Å². The van der Waals surface area contributed by atoms with Crippen molar-refractivity contribution in [2.75, 3.05) is 69.5 Å². The number of carboxylic acids is 2. The summed E-state index contributed by atoms with van der Waals surface area (Å²) in [4.78, 5) is 63.8. The highest BCUT2D eigenvalue weighted by Gasteiger charge is 2.30. The molecule has 50 heavy (non-hydrogen) atoms. The van der Waals surface area contributed by atoms with E-state index in [2.05, 4.69) is 27.5 Å². The molecule has 0 bridgehead atoms. The van der Waals surface area contributed by atoms with Crippen molar-refractivity contribution in [1.82, 2.24) is 9.80 Å². The van der Waals surface area contributed by atoms with E-state index in [0.29, 0.717) is 34.6 Å². The maximum Gasteiger partial charge on any atom is 0.337 e. The normalized spacial score (nSPS) is 16.5. The molecule has 2 unspecified atom stereocenters. The summed E-state index contributed by atoms with van der Waals surface area (Å²) in [6.07, 6.45) is -4.53. The van der Waals surface area contributed by atoms with E-state index >= 15 is 0 Å². The summed E-state index contributed by atoms with van der Waals surface area (Å²) < 4.78 is 4.82. The number of aliphatic hydroxyl groups excluding tert-OH is 2. The van der Waals surface area contributed by atoms with Crippen LogP contribution in [0.3, 0.4) is 0 Å². The second-order valence-corrected chi connectivity index (χ2v) is 11.6. The Kier molecular flexibility index (Phi) is 12.4. The zero-order valence-electron chi connectivity index (χ0n) is 27.7. The van der Waals surface area contributed by atoms with Gasteiger partial charge in [0.1, 0.15) is 0 Å². The summed E-state index contributed by atoms with van der Waals surface area (Å²) in [6, 6.07) is 22.2. The lowest BCUT2D eigenvalue weighted by Crippen LogP contribution is -2.48. The Hall–Kier alpha value is -5.61. The van der Waals surface area contributed by atoms with Crippen molar-refractivity contribution in [2.45, 2.75) is 12.2 Å². The molecule has 2 aliphatic heterocycles. The standard InChI is InChI=1S/C31H33N5O4.C4H6O6/c1-34-15-17-36(18-16-34)20-27(37)35(2)24-12-10-23(11-13-24)32-29(21-7-5-4-6-8-21)28-25-14-9-22(31(39)40-3)19-26(25)33-30(28)38;5-1(3(7)8)2(6)4(9)10/h4-14,19,32H,15-18,20H2,1-3H3,(H,33,38);1-2,5-6H,(H,7,8)(H,9,10)/b29-28-;. The first-order chi connectivity index (χ1) is 23.8. The monoisotopic (exact) mass is 689 g/mol. The highest BCUT2D eigenvalue weighted by molar-refractivity contribution is 6.37. The van der Waals surface area contributed by atoms with Gasteiger partial charge in [0.2, 0.25) is 5.91 Å². The number of carbonyl (C=O) groups is 5. The van der Waals surface area contributed by atoms with Crippen LogP contribution in [-0.4, -0.2) is 126 Å². The van der Waals surface area contributed by atoms with Crippen molar-refractivity contribution >= 4 is 58.1 Å². The van der Waals surface area contributed by atoms with E-state index in [4.69, 9.17) is 25.2 Å². The minimum absolute atomic E-state index is 0.0444. The SMILES string of the molecule is COC(=O)c1ccc2c(c1)NC(=O)/C2=C(\Nc1ccc(N(C)C(=O)CN2CCN(C)CC2)cc1)c1ccccc1.O=C(O)C(O)C(O)C(=O)O. The summed E-state index contributed by atoms with van der Waals surface area (Å²) in [5.74, 6) is -4.23. The van der Waals surface area contributed by atoms with Crippen LogP contribution in [0.4, 0.5) is 17.1 Å². The largest absolute Gasteiger partial charge is 0.479 e. The lowest BCUT2D eigenvalue weighted by atomic mass is 9.99. The van der Waals surface area contributed by atoms with Crippen molar-refractivity contribution < 1.29 is 49.1 Å². The number of amides is 2. The zero-order valence-corrected chi connectivity index (χ0v) is 27.7. The van der Waals surface area contributed by atoms with Gasteiger partial charge in [0.05, 0.1) is 36.2 Å². The third-order valence-electron chi connectivity index (χ3n) is 8.16. The van der Waals surface area contributed by atoms with Crippen LogP contribution in [0.1, 0.15) is 21.5 Å². The first-order valence-corrected chi connectivity index (χ1v) is 15.5. The number of piperazine rings is 1. The predicted molar refractivity (Wildman–Crippen MR) is 184 cm³/mol. The van der Waals surface area contributed by atoms with Crippen LogP contribution in [0.5, 0.6) is 0 Å². The maximum absolute atomic E-state index is 13.2. The number of ether oxygens (including phenoxy) is 1. The van der Waals surface area contributed by atoms with Crippen molar-refractivity contribution in [2.24, 2.45) is 0 Å². The number of hydrogen-bond acceptors (Lipinski definition) is 11. The van der Waals surface area contributed by atoms with Gasteiger partial charge in [-0.25, -0.2) is 14.4 Å². The van der Waals surface area contributed by atoms with Gasteiger partial charge in [-0.3, -0.25) is 14.5 Å². The molecule has 264 valence electrons. The molecule has 1 saturated heterocycles. The van der Waals surface area contributed by atoms with Gasteiger partial charge < -0.3 is 45.6 Å². The number of anilines is 3. The minimum atomic E-state index is -2.27. The predicted octanol–water partition coefficient (Wildman–Crippen LogP) is 1.49. The number of carbonyl (C=O) groups excluding carboxylic acids is 3. The number of benzene rings is 3. The Balaban J connectivity index is 0.000000490. The van der Waals surface area contributed by atoms with Gasteiger partial charge >= 0.3 is 17.9 Å². The molecule has 15 nitrogen and oxygen atoms in total. The van der Waals surface area contributed by atoms with E-state index < -0.39 is 30.1 Å². The number of carboxylic acid groups (broad SMARTS) is 2. The van der Waals surface area contributed by atoms with Gasteiger partial charge in [-0.2, -0.15) is 0 Å². The van der Waals surface area contributed by atoms with Gasteiger partial charge in [-0.05, 0) is 49.0 Å². The Labute approximate surface area is 288 Å². The number of fused-ring (bicyclic) bond motifs is 1.